The number of rotatable bonds is 6. The fraction of sp³-hybridized carbons (Fsp3) is 0.409. The van der Waals surface area contributed by atoms with Crippen LogP contribution in [0.25, 0.3) is 11.0 Å². The molecule has 4 rings (SSSR count). The fourth-order valence-corrected chi connectivity index (χ4v) is 3.87. The summed E-state index contributed by atoms with van der Waals surface area (Å²) in [5, 5.41) is 14.9. The maximum atomic E-state index is 13.4. The number of anilines is 2. The number of methoxy groups -OCH3 is 1. The second kappa shape index (κ2) is 9.49. The van der Waals surface area contributed by atoms with Crippen LogP contribution in [0, 0.1) is 17.0 Å². The Morgan fingerprint density at radius 1 is 1.17 bits per heavy atom. The third kappa shape index (κ3) is 5.19. The second-order valence-electron chi connectivity index (χ2n) is 8.04. The molecule has 1 fully saturated rings. The predicted octanol–water partition coefficient (Wildman–Crippen LogP) is 4.28. The highest BCUT2D eigenvalue weighted by atomic mass is 19.4. The molecule has 35 heavy (non-hydrogen) atoms. The molecular formula is C22H23F3N6O4. The van der Waals surface area contributed by atoms with Gasteiger partial charge in [0.05, 0.1) is 42.2 Å². The molecule has 10 nitrogen and oxygen atoms in total. The molecule has 2 aromatic heterocycles. The predicted molar refractivity (Wildman–Crippen MR) is 122 cm³/mol. The van der Waals surface area contributed by atoms with Gasteiger partial charge in [-0.25, -0.2) is 9.97 Å². The van der Waals surface area contributed by atoms with Crippen LogP contribution in [0.4, 0.5) is 30.4 Å². The fourth-order valence-electron chi connectivity index (χ4n) is 3.87. The van der Waals surface area contributed by atoms with Gasteiger partial charge in [0.1, 0.15) is 17.3 Å². The summed E-state index contributed by atoms with van der Waals surface area (Å²) in [6, 6.07) is 3.59. The molecule has 1 aliphatic heterocycles. The number of alkyl halides is 3. The van der Waals surface area contributed by atoms with E-state index in [1.165, 1.54) is 7.11 Å². The van der Waals surface area contributed by atoms with Crippen molar-refractivity contribution in [2.45, 2.75) is 26.1 Å². The molecule has 0 spiro atoms. The number of non-ortho nitro benzene ring substituents is 1. The Bertz CT molecular complexity index is 1260. The van der Waals surface area contributed by atoms with Crippen molar-refractivity contribution in [2.24, 2.45) is 0 Å². The zero-order chi connectivity index (χ0) is 25.3. The average Bonchev–Trinajstić information content (AvgIpc) is 2.82. The van der Waals surface area contributed by atoms with Crippen molar-refractivity contribution >= 4 is 28.2 Å². The first-order valence-corrected chi connectivity index (χ1v) is 10.8. The third-order valence-electron chi connectivity index (χ3n) is 5.62. The zero-order valence-electron chi connectivity index (χ0n) is 19.2. The van der Waals surface area contributed by atoms with Gasteiger partial charge >= 0.3 is 6.18 Å². The van der Waals surface area contributed by atoms with E-state index in [2.05, 4.69) is 25.2 Å². The van der Waals surface area contributed by atoms with E-state index in [-0.39, 0.29) is 5.56 Å². The molecule has 0 amide bonds. The minimum Gasteiger partial charge on any atom is -0.479 e. The van der Waals surface area contributed by atoms with E-state index in [1.54, 1.807) is 13.8 Å². The molecule has 13 heteroatoms. The molecule has 1 aliphatic rings. The number of nitrogens with zero attached hydrogens (tertiary/aromatic N) is 5. The number of hydrogen-bond donors (Lipinski definition) is 1. The topological polar surface area (TPSA) is 116 Å². The van der Waals surface area contributed by atoms with Crippen molar-refractivity contribution in [2.75, 3.05) is 43.6 Å². The number of nitrogens with one attached hydrogen (secondary N) is 1. The smallest absolute Gasteiger partial charge is 0.416 e. The Hall–Kier alpha value is -3.74. The van der Waals surface area contributed by atoms with Gasteiger partial charge < -0.3 is 19.7 Å². The summed E-state index contributed by atoms with van der Waals surface area (Å²) in [5.74, 6) is 1.10. The van der Waals surface area contributed by atoms with Crippen molar-refractivity contribution in [3.05, 3.63) is 51.3 Å². The standard InChI is InChI=1S/C22H23F3N6O4/c1-12(14-8-15(22(23,24)25)10-16(9-14)31(32)33)26-19-17-11-18(30-4-6-35-7-5-30)21(34-3)29-20(17)28-13(2)27-19/h8-12H,4-7H2,1-3H3,(H,26,27,28,29)/t12-/m1/s1. The van der Waals surface area contributed by atoms with Crippen LogP contribution in [-0.4, -0.2) is 53.3 Å². The Morgan fingerprint density at radius 2 is 1.89 bits per heavy atom. The first-order chi connectivity index (χ1) is 16.6. The minimum absolute atomic E-state index is 0.0887. The van der Waals surface area contributed by atoms with Gasteiger partial charge in [0.15, 0.2) is 5.65 Å². The van der Waals surface area contributed by atoms with Gasteiger partial charge in [0.25, 0.3) is 5.69 Å². The van der Waals surface area contributed by atoms with Crippen LogP contribution >= 0.6 is 0 Å². The number of pyridine rings is 1. The molecule has 0 radical (unpaired) electrons. The number of morpholine rings is 1. The van der Waals surface area contributed by atoms with Gasteiger partial charge in [-0.05, 0) is 31.5 Å². The van der Waals surface area contributed by atoms with Crippen molar-refractivity contribution in [3.8, 4) is 5.88 Å². The van der Waals surface area contributed by atoms with E-state index in [9.17, 15) is 23.3 Å². The second-order valence-corrected chi connectivity index (χ2v) is 8.04. The van der Waals surface area contributed by atoms with Crippen molar-refractivity contribution in [1.29, 1.82) is 0 Å². The number of benzene rings is 1. The third-order valence-corrected chi connectivity index (χ3v) is 5.62. The van der Waals surface area contributed by atoms with Crippen molar-refractivity contribution < 1.29 is 27.6 Å². The Morgan fingerprint density at radius 3 is 2.51 bits per heavy atom. The van der Waals surface area contributed by atoms with Gasteiger partial charge in [0, 0.05) is 25.2 Å². The van der Waals surface area contributed by atoms with Crippen molar-refractivity contribution in [3.63, 3.8) is 0 Å². The van der Waals surface area contributed by atoms with Crippen LogP contribution in [0.5, 0.6) is 5.88 Å². The SMILES string of the molecule is COc1nc2nc(C)nc(N[C@H](C)c3cc([N+](=O)[O-])cc(C(F)(F)F)c3)c2cc1N1CCOCC1. The van der Waals surface area contributed by atoms with Gasteiger partial charge in [-0.1, -0.05) is 0 Å². The first-order valence-electron chi connectivity index (χ1n) is 10.8. The van der Waals surface area contributed by atoms with Crippen LogP contribution in [0.2, 0.25) is 0 Å². The quantitative estimate of drug-likeness (QED) is 0.398. The lowest BCUT2D eigenvalue weighted by molar-refractivity contribution is -0.385. The highest BCUT2D eigenvalue weighted by Crippen LogP contribution is 2.36. The number of nitro benzene ring substituents is 1. The summed E-state index contributed by atoms with van der Waals surface area (Å²) >= 11 is 0. The Balaban J connectivity index is 1.77. The number of aromatic nitrogens is 3. The van der Waals surface area contributed by atoms with Crippen LogP contribution in [0.1, 0.15) is 29.9 Å². The van der Waals surface area contributed by atoms with Crippen LogP contribution in [0.15, 0.2) is 24.3 Å². The summed E-state index contributed by atoms with van der Waals surface area (Å²) in [4.78, 5) is 25.8. The summed E-state index contributed by atoms with van der Waals surface area (Å²) in [5.41, 5.74) is -0.601. The summed E-state index contributed by atoms with van der Waals surface area (Å²) in [7, 11) is 1.51. The van der Waals surface area contributed by atoms with E-state index < -0.39 is 28.4 Å². The maximum absolute atomic E-state index is 13.4. The number of nitro groups is 1. The van der Waals surface area contributed by atoms with Gasteiger partial charge in [-0.15, -0.1) is 0 Å². The molecule has 3 heterocycles. The van der Waals surface area contributed by atoms with Crippen LogP contribution in [-0.2, 0) is 10.9 Å². The monoisotopic (exact) mass is 492 g/mol. The number of ether oxygens (including phenoxy) is 2. The maximum Gasteiger partial charge on any atom is 0.416 e. The molecule has 0 saturated carbocycles. The number of hydrogen-bond acceptors (Lipinski definition) is 9. The summed E-state index contributed by atoms with van der Waals surface area (Å²) < 4.78 is 51.0. The summed E-state index contributed by atoms with van der Waals surface area (Å²) in [6.07, 6.45) is -4.73. The van der Waals surface area contributed by atoms with Crippen LogP contribution < -0.4 is 15.0 Å². The molecule has 1 saturated heterocycles. The largest absolute Gasteiger partial charge is 0.479 e. The molecule has 186 valence electrons. The lowest BCUT2D eigenvalue weighted by Crippen LogP contribution is -2.36. The van der Waals surface area contributed by atoms with Gasteiger partial charge in [-0.3, -0.25) is 10.1 Å². The first kappa shape index (κ1) is 24.4. The summed E-state index contributed by atoms with van der Waals surface area (Å²) in [6.45, 7) is 5.60. The molecule has 0 bridgehead atoms. The zero-order valence-corrected chi connectivity index (χ0v) is 19.2. The Labute approximate surface area is 198 Å². The van der Waals surface area contributed by atoms with E-state index in [0.717, 1.165) is 12.1 Å². The van der Waals surface area contributed by atoms with E-state index >= 15 is 0 Å². The molecule has 1 atom stereocenters. The number of aryl methyl sites for hydroxylation is 1. The minimum atomic E-state index is -4.73. The van der Waals surface area contributed by atoms with Crippen LogP contribution in [0.3, 0.4) is 0 Å². The highest BCUT2D eigenvalue weighted by Gasteiger charge is 2.33. The highest BCUT2D eigenvalue weighted by molar-refractivity contribution is 5.90. The lowest BCUT2D eigenvalue weighted by Gasteiger charge is -2.29. The van der Waals surface area contributed by atoms with Crippen molar-refractivity contribution in [1.82, 2.24) is 15.0 Å². The normalized spacial score (nSPS) is 15.2. The van der Waals surface area contributed by atoms with E-state index in [4.69, 9.17) is 9.47 Å². The lowest BCUT2D eigenvalue weighted by atomic mass is 10.0. The van der Waals surface area contributed by atoms with E-state index in [1.807, 2.05) is 6.07 Å². The molecular weight excluding hydrogens is 469 g/mol. The van der Waals surface area contributed by atoms with Gasteiger partial charge in [0.2, 0.25) is 5.88 Å². The number of halogens is 3. The molecule has 1 N–H and O–H groups in total. The number of fused-ring (bicyclic) bond motifs is 1. The average molecular weight is 492 g/mol. The Kier molecular flexibility index (Phi) is 6.61. The van der Waals surface area contributed by atoms with Gasteiger partial charge in [-0.2, -0.15) is 18.2 Å². The molecule has 0 aliphatic carbocycles. The molecule has 3 aromatic rings. The van der Waals surface area contributed by atoms with E-state index in [0.29, 0.717) is 66.6 Å². The molecule has 0 unspecified atom stereocenters. The molecule has 1 aromatic carbocycles.